The number of hydrogen-bond acceptors (Lipinski definition) is 3. The molecule has 90 valence electrons. The van der Waals surface area contributed by atoms with Crippen LogP contribution in [-0.4, -0.2) is 25.9 Å². The Kier molecular flexibility index (Phi) is 3.46. The van der Waals surface area contributed by atoms with Crippen LogP contribution in [0.2, 0.25) is 0 Å². The lowest BCUT2D eigenvalue weighted by atomic mass is 10.3. The van der Waals surface area contributed by atoms with Crippen LogP contribution in [0.25, 0.3) is 0 Å². The number of aromatic nitrogens is 4. The normalized spacial score (nSPS) is 10.5. The van der Waals surface area contributed by atoms with Crippen LogP contribution < -0.4 is 5.32 Å². The minimum absolute atomic E-state index is 0.203. The average molecular weight is 345 g/mol. The number of amides is 1. The molecule has 2 aromatic heterocycles. The van der Waals surface area contributed by atoms with E-state index in [1.54, 1.807) is 12.4 Å². The number of H-pyrrole nitrogens is 1. The van der Waals surface area contributed by atoms with Crippen molar-refractivity contribution >= 4 is 34.2 Å². The fourth-order valence-corrected chi connectivity index (χ4v) is 2.01. The van der Waals surface area contributed by atoms with Crippen LogP contribution in [0.5, 0.6) is 0 Å². The van der Waals surface area contributed by atoms with Gasteiger partial charge in [-0.2, -0.15) is 10.2 Å². The maximum atomic E-state index is 11.9. The molecule has 2 heterocycles. The second kappa shape index (κ2) is 4.86. The molecule has 0 radical (unpaired) electrons. The number of rotatable bonds is 3. The Morgan fingerprint density at radius 3 is 2.88 bits per heavy atom. The van der Waals surface area contributed by atoms with Crippen molar-refractivity contribution in [3.63, 3.8) is 0 Å². The molecule has 7 heteroatoms. The van der Waals surface area contributed by atoms with Crippen molar-refractivity contribution in [3.05, 3.63) is 27.4 Å². The van der Waals surface area contributed by atoms with Crippen molar-refractivity contribution in [1.29, 1.82) is 0 Å². The van der Waals surface area contributed by atoms with Gasteiger partial charge in [0.15, 0.2) is 0 Å². The molecule has 0 atom stereocenters. The van der Waals surface area contributed by atoms with E-state index in [1.807, 2.05) is 18.5 Å². The molecular formula is C10H12IN5O. The molecule has 0 aliphatic heterocycles. The minimum atomic E-state index is -0.203. The van der Waals surface area contributed by atoms with E-state index in [2.05, 4.69) is 43.2 Å². The molecule has 0 bridgehead atoms. The topological polar surface area (TPSA) is 75.6 Å². The van der Waals surface area contributed by atoms with Crippen LogP contribution >= 0.6 is 22.6 Å². The van der Waals surface area contributed by atoms with Crippen molar-refractivity contribution in [2.75, 3.05) is 5.32 Å². The quantitative estimate of drug-likeness (QED) is 0.833. The van der Waals surface area contributed by atoms with E-state index in [-0.39, 0.29) is 5.91 Å². The molecule has 0 aliphatic carbocycles. The third-order valence-corrected chi connectivity index (χ3v) is 3.29. The number of carbonyl (C=O) groups excluding carboxylic acids is 1. The highest BCUT2D eigenvalue weighted by Crippen LogP contribution is 2.16. The molecule has 0 aliphatic rings. The monoisotopic (exact) mass is 345 g/mol. The molecule has 0 unspecified atom stereocenters. The average Bonchev–Trinajstić information content (AvgIpc) is 2.87. The summed E-state index contributed by atoms with van der Waals surface area (Å²) in [6.45, 7) is 4.71. The van der Waals surface area contributed by atoms with Gasteiger partial charge in [0.05, 0.1) is 27.3 Å². The van der Waals surface area contributed by atoms with Crippen LogP contribution in [0.4, 0.5) is 5.69 Å². The Morgan fingerprint density at radius 1 is 1.59 bits per heavy atom. The first-order valence-corrected chi connectivity index (χ1v) is 6.24. The van der Waals surface area contributed by atoms with Gasteiger partial charge in [-0.15, -0.1) is 0 Å². The number of anilines is 1. The molecule has 1 amide bonds. The Hall–Kier alpha value is -1.38. The molecule has 17 heavy (non-hydrogen) atoms. The lowest BCUT2D eigenvalue weighted by molar-refractivity contribution is 0.102. The highest BCUT2D eigenvalue weighted by Gasteiger charge is 2.14. The smallest absolute Gasteiger partial charge is 0.274 e. The van der Waals surface area contributed by atoms with Crippen molar-refractivity contribution in [2.45, 2.75) is 20.4 Å². The first-order valence-electron chi connectivity index (χ1n) is 5.16. The van der Waals surface area contributed by atoms with Crippen molar-refractivity contribution in [1.82, 2.24) is 20.0 Å². The number of hydrogen-bond donors (Lipinski definition) is 2. The van der Waals surface area contributed by atoms with Gasteiger partial charge in [0.25, 0.3) is 5.91 Å². The summed E-state index contributed by atoms with van der Waals surface area (Å²) in [7, 11) is 0. The van der Waals surface area contributed by atoms with Crippen LogP contribution in [-0.2, 0) is 6.54 Å². The summed E-state index contributed by atoms with van der Waals surface area (Å²) in [5.41, 5.74) is 2.13. The summed E-state index contributed by atoms with van der Waals surface area (Å²) in [4.78, 5) is 11.9. The van der Waals surface area contributed by atoms with Crippen LogP contribution in [0.3, 0.4) is 0 Å². The van der Waals surface area contributed by atoms with Crippen LogP contribution in [0.1, 0.15) is 23.1 Å². The van der Waals surface area contributed by atoms with Crippen molar-refractivity contribution in [2.24, 2.45) is 0 Å². The summed E-state index contributed by atoms with van der Waals surface area (Å²) < 4.78 is 2.62. The standard InChI is InChI=1S/C10H12IN5O/c1-3-16-6(2)8(5-13-16)14-10(17)9-7(11)4-12-15-9/h4-5H,3H2,1-2H3,(H,12,15)(H,14,17). The van der Waals surface area contributed by atoms with Gasteiger partial charge in [-0.1, -0.05) is 0 Å². The van der Waals surface area contributed by atoms with E-state index in [4.69, 9.17) is 0 Å². The van der Waals surface area contributed by atoms with E-state index < -0.39 is 0 Å². The summed E-state index contributed by atoms with van der Waals surface area (Å²) >= 11 is 2.06. The first-order chi connectivity index (χ1) is 8.13. The zero-order chi connectivity index (χ0) is 12.4. The maximum absolute atomic E-state index is 11.9. The highest BCUT2D eigenvalue weighted by atomic mass is 127. The second-order valence-electron chi connectivity index (χ2n) is 3.51. The van der Waals surface area contributed by atoms with Crippen molar-refractivity contribution in [3.8, 4) is 0 Å². The number of aryl methyl sites for hydroxylation is 1. The lowest BCUT2D eigenvalue weighted by Crippen LogP contribution is -2.14. The SMILES string of the molecule is CCn1ncc(NC(=O)c2[nH]ncc2I)c1C. The Bertz CT molecular complexity index is 545. The van der Waals surface area contributed by atoms with E-state index in [1.165, 1.54) is 0 Å². The van der Waals surface area contributed by atoms with E-state index in [0.717, 1.165) is 21.5 Å². The molecule has 2 N–H and O–H groups in total. The zero-order valence-corrected chi connectivity index (χ0v) is 11.6. The van der Waals surface area contributed by atoms with Gasteiger partial charge in [-0.25, -0.2) is 0 Å². The summed E-state index contributed by atoms with van der Waals surface area (Å²) in [5.74, 6) is -0.203. The molecule has 0 aromatic carbocycles. The summed E-state index contributed by atoms with van der Waals surface area (Å²) in [6, 6.07) is 0. The largest absolute Gasteiger partial charge is 0.318 e. The number of aromatic amines is 1. The summed E-state index contributed by atoms with van der Waals surface area (Å²) in [6.07, 6.45) is 3.26. The van der Waals surface area contributed by atoms with Crippen LogP contribution in [0.15, 0.2) is 12.4 Å². The van der Waals surface area contributed by atoms with Gasteiger partial charge < -0.3 is 5.32 Å². The fourth-order valence-electron chi connectivity index (χ4n) is 1.50. The number of nitrogens with zero attached hydrogens (tertiary/aromatic N) is 3. The van der Waals surface area contributed by atoms with Gasteiger partial charge in [0, 0.05) is 6.54 Å². The molecule has 0 fully saturated rings. The van der Waals surface area contributed by atoms with E-state index >= 15 is 0 Å². The second-order valence-corrected chi connectivity index (χ2v) is 4.67. The number of carbonyl (C=O) groups is 1. The Labute approximate surface area is 112 Å². The highest BCUT2D eigenvalue weighted by molar-refractivity contribution is 14.1. The Balaban J connectivity index is 2.19. The maximum Gasteiger partial charge on any atom is 0.274 e. The molecule has 0 saturated carbocycles. The first kappa shape index (κ1) is 12.1. The predicted molar refractivity (Wildman–Crippen MR) is 71.9 cm³/mol. The molecule has 2 aromatic rings. The molecule has 6 nitrogen and oxygen atoms in total. The number of nitrogens with one attached hydrogen (secondary N) is 2. The van der Waals surface area contributed by atoms with Gasteiger partial charge in [-0.05, 0) is 36.4 Å². The molecule has 0 spiro atoms. The molecular weight excluding hydrogens is 333 g/mol. The van der Waals surface area contributed by atoms with E-state index in [0.29, 0.717) is 5.69 Å². The zero-order valence-electron chi connectivity index (χ0n) is 9.49. The van der Waals surface area contributed by atoms with E-state index in [9.17, 15) is 4.79 Å². The third kappa shape index (κ3) is 2.33. The minimum Gasteiger partial charge on any atom is -0.318 e. The molecule has 0 saturated heterocycles. The summed E-state index contributed by atoms with van der Waals surface area (Å²) in [5, 5.41) is 13.5. The third-order valence-electron chi connectivity index (χ3n) is 2.47. The van der Waals surface area contributed by atoms with Crippen LogP contribution in [0, 0.1) is 10.5 Å². The van der Waals surface area contributed by atoms with Gasteiger partial charge >= 0.3 is 0 Å². The van der Waals surface area contributed by atoms with Gasteiger partial charge in [-0.3, -0.25) is 14.6 Å². The predicted octanol–water partition coefficient (Wildman–Crippen LogP) is 1.79. The fraction of sp³-hybridized carbons (Fsp3) is 0.300. The Morgan fingerprint density at radius 2 is 2.35 bits per heavy atom. The number of halogens is 1. The van der Waals surface area contributed by atoms with Gasteiger partial charge in [0.1, 0.15) is 5.69 Å². The lowest BCUT2D eigenvalue weighted by Gasteiger charge is -2.04. The van der Waals surface area contributed by atoms with Crippen molar-refractivity contribution < 1.29 is 4.79 Å². The molecule has 2 rings (SSSR count). The van der Waals surface area contributed by atoms with Gasteiger partial charge in [0.2, 0.25) is 0 Å².